The van der Waals surface area contributed by atoms with Crippen LogP contribution < -0.4 is 20.9 Å². The highest BCUT2D eigenvalue weighted by atomic mass is 35.5. The second kappa shape index (κ2) is 11.4. The molecule has 5 heterocycles. The van der Waals surface area contributed by atoms with Crippen LogP contribution in [0.1, 0.15) is 30.4 Å². The van der Waals surface area contributed by atoms with Crippen LogP contribution >= 0.6 is 11.6 Å². The summed E-state index contributed by atoms with van der Waals surface area (Å²) in [6.07, 6.45) is 9.99. The molecule has 0 atom stereocenters. The molecule has 1 saturated heterocycles. The van der Waals surface area contributed by atoms with Crippen LogP contribution in [-0.2, 0) is 17.6 Å². The molecule has 1 aromatic carbocycles. The van der Waals surface area contributed by atoms with Crippen molar-refractivity contribution in [2.24, 2.45) is 5.92 Å². The standard InChI is InChI=1S/C29H28ClFN8O/c30-24-17-34-29-36-23-11-19(14-32-16-23)1-2-20-13-22(35-28(24)38-29)4-5-25(20)37-27(40)12-18-7-9-39(10-8-18)26-6-3-21(31)15-33-26/h3-6,11,13-18H,1-2,7-10,12H2,(H,37,40)(H2,34,35,36,38). The zero-order chi connectivity index (χ0) is 27.5. The maximum absolute atomic E-state index is 13.2. The van der Waals surface area contributed by atoms with Crippen LogP contribution in [0.4, 0.5) is 39.0 Å². The van der Waals surface area contributed by atoms with Crippen LogP contribution in [0.3, 0.4) is 0 Å². The minimum atomic E-state index is -0.341. The summed E-state index contributed by atoms with van der Waals surface area (Å²) in [5.74, 6) is 1.59. The van der Waals surface area contributed by atoms with Crippen molar-refractivity contribution in [3.8, 4) is 0 Å². The molecule has 6 rings (SSSR count). The predicted octanol–water partition coefficient (Wildman–Crippen LogP) is 5.89. The Morgan fingerprint density at radius 2 is 1.88 bits per heavy atom. The largest absolute Gasteiger partial charge is 0.357 e. The van der Waals surface area contributed by atoms with Crippen LogP contribution in [0.5, 0.6) is 0 Å². The van der Waals surface area contributed by atoms with E-state index >= 15 is 0 Å². The number of piperidine rings is 1. The van der Waals surface area contributed by atoms with Crippen LogP contribution in [0, 0.1) is 11.7 Å². The Hall–Kier alpha value is -4.31. The first kappa shape index (κ1) is 25.9. The number of hydrogen-bond donors (Lipinski definition) is 3. The number of amides is 1. The average Bonchev–Trinajstić information content (AvgIpc) is 2.96. The Balaban J connectivity index is 1.16. The summed E-state index contributed by atoms with van der Waals surface area (Å²) >= 11 is 6.37. The van der Waals surface area contributed by atoms with Crippen molar-refractivity contribution in [1.29, 1.82) is 0 Å². The molecule has 1 amide bonds. The minimum absolute atomic E-state index is 0.00502. The van der Waals surface area contributed by atoms with Crippen LogP contribution in [0.25, 0.3) is 0 Å². The second-order valence-electron chi connectivity index (χ2n) is 10.1. The lowest BCUT2D eigenvalue weighted by Gasteiger charge is -2.32. The van der Waals surface area contributed by atoms with Gasteiger partial charge in [-0.1, -0.05) is 11.6 Å². The van der Waals surface area contributed by atoms with Crippen molar-refractivity contribution in [2.75, 3.05) is 33.9 Å². The number of carbonyl (C=O) groups excluding carboxylic acids is 1. The third kappa shape index (κ3) is 6.12. The van der Waals surface area contributed by atoms with E-state index in [1.165, 1.54) is 12.3 Å². The molecular weight excluding hydrogens is 531 g/mol. The Bertz CT molecular complexity index is 1530. The van der Waals surface area contributed by atoms with Gasteiger partial charge in [0, 0.05) is 37.1 Å². The molecule has 6 bridgehead atoms. The third-order valence-electron chi connectivity index (χ3n) is 7.24. The van der Waals surface area contributed by atoms with Crippen molar-refractivity contribution in [2.45, 2.75) is 32.1 Å². The number of pyridine rings is 2. The molecule has 0 aliphatic carbocycles. The molecule has 3 N–H and O–H groups in total. The van der Waals surface area contributed by atoms with Gasteiger partial charge < -0.3 is 20.9 Å². The van der Waals surface area contributed by atoms with Crippen LogP contribution in [-0.4, -0.2) is 38.9 Å². The lowest BCUT2D eigenvalue weighted by molar-refractivity contribution is -0.117. The number of benzene rings is 1. The van der Waals surface area contributed by atoms with Crippen molar-refractivity contribution in [3.05, 3.63) is 83.2 Å². The van der Waals surface area contributed by atoms with Crippen LogP contribution in [0.15, 0.2) is 61.2 Å². The van der Waals surface area contributed by atoms with Gasteiger partial charge >= 0.3 is 0 Å². The molecule has 40 heavy (non-hydrogen) atoms. The van der Waals surface area contributed by atoms with Gasteiger partial charge in [0.15, 0.2) is 5.82 Å². The molecule has 0 saturated carbocycles. The van der Waals surface area contributed by atoms with E-state index in [-0.39, 0.29) is 17.6 Å². The molecule has 1 fully saturated rings. The number of aryl methyl sites for hydroxylation is 2. The Morgan fingerprint density at radius 3 is 2.70 bits per heavy atom. The first-order valence-electron chi connectivity index (χ1n) is 13.3. The van der Waals surface area contributed by atoms with Gasteiger partial charge in [-0.2, -0.15) is 4.98 Å². The van der Waals surface area contributed by atoms with E-state index in [0.717, 1.165) is 66.4 Å². The molecule has 3 aromatic heterocycles. The van der Waals surface area contributed by atoms with E-state index in [1.807, 2.05) is 30.5 Å². The fraction of sp³-hybridized carbons (Fsp3) is 0.276. The summed E-state index contributed by atoms with van der Waals surface area (Å²) in [7, 11) is 0. The number of nitrogens with zero attached hydrogens (tertiary/aromatic N) is 5. The highest BCUT2D eigenvalue weighted by Crippen LogP contribution is 2.30. The quantitative estimate of drug-likeness (QED) is 0.284. The zero-order valence-corrected chi connectivity index (χ0v) is 22.5. The zero-order valence-electron chi connectivity index (χ0n) is 21.7. The Morgan fingerprint density at radius 1 is 1.00 bits per heavy atom. The number of aromatic nitrogens is 4. The molecule has 2 aliphatic rings. The van der Waals surface area contributed by atoms with Crippen molar-refractivity contribution < 1.29 is 9.18 Å². The van der Waals surface area contributed by atoms with Crippen molar-refractivity contribution in [3.63, 3.8) is 0 Å². The SMILES string of the molecule is O=C(CC1CCN(c2ccc(F)cn2)CC1)Nc1ccc2cc1CCc1cncc(c1)Nc1ncc(Cl)c(n1)N2. The highest BCUT2D eigenvalue weighted by molar-refractivity contribution is 6.32. The van der Waals surface area contributed by atoms with Gasteiger partial charge in [-0.3, -0.25) is 9.78 Å². The van der Waals surface area contributed by atoms with E-state index in [0.29, 0.717) is 29.6 Å². The average molecular weight is 559 g/mol. The summed E-state index contributed by atoms with van der Waals surface area (Å²) in [6.45, 7) is 1.58. The number of nitrogens with one attached hydrogen (secondary N) is 3. The molecule has 0 radical (unpaired) electrons. The van der Waals surface area contributed by atoms with Crippen molar-refractivity contribution in [1.82, 2.24) is 19.9 Å². The fourth-order valence-corrected chi connectivity index (χ4v) is 5.28. The summed E-state index contributed by atoms with van der Waals surface area (Å²) in [5, 5.41) is 10.0. The van der Waals surface area contributed by atoms with Crippen molar-refractivity contribution >= 4 is 52.2 Å². The number of halogens is 2. The lowest BCUT2D eigenvalue weighted by atomic mass is 9.93. The number of carbonyl (C=O) groups is 1. The number of anilines is 6. The normalized spacial score (nSPS) is 15.1. The third-order valence-corrected chi connectivity index (χ3v) is 7.52. The van der Waals surface area contributed by atoms with E-state index in [4.69, 9.17) is 11.6 Å². The lowest BCUT2D eigenvalue weighted by Crippen LogP contribution is -2.35. The number of fused-ring (bicyclic) bond motifs is 6. The minimum Gasteiger partial charge on any atom is -0.357 e. The molecule has 4 aromatic rings. The smallest absolute Gasteiger partial charge is 0.229 e. The fourth-order valence-electron chi connectivity index (χ4n) is 5.14. The van der Waals surface area contributed by atoms with Gasteiger partial charge in [0.25, 0.3) is 0 Å². The van der Waals surface area contributed by atoms with Gasteiger partial charge in [0.2, 0.25) is 11.9 Å². The predicted molar refractivity (Wildman–Crippen MR) is 154 cm³/mol. The number of rotatable bonds is 4. The van der Waals surface area contributed by atoms with Gasteiger partial charge in [0.1, 0.15) is 16.7 Å². The van der Waals surface area contributed by atoms with E-state index in [1.54, 1.807) is 18.5 Å². The first-order chi connectivity index (χ1) is 19.5. The van der Waals surface area contributed by atoms with E-state index in [2.05, 4.69) is 40.8 Å². The van der Waals surface area contributed by atoms with Gasteiger partial charge in [-0.25, -0.2) is 14.4 Å². The monoisotopic (exact) mass is 558 g/mol. The molecule has 11 heteroatoms. The maximum Gasteiger partial charge on any atom is 0.229 e. The summed E-state index contributed by atoms with van der Waals surface area (Å²) < 4.78 is 13.2. The van der Waals surface area contributed by atoms with Gasteiger partial charge in [0.05, 0.1) is 24.3 Å². The Labute approximate surface area is 236 Å². The summed E-state index contributed by atoms with van der Waals surface area (Å²) in [5.41, 5.74) is 4.43. The van der Waals surface area contributed by atoms with Gasteiger partial charge in [-0.05, 0) is 79.1 Å². The van der Waals surface area contributed by atoms with Crippen LogP contribution in [0.2, 0.25) is 5.02 Å². The molecule has 9 nitrogen and oxygen atoms in total. The van der Waals surface area contributed by atoms with E-state index < -0.39 is 0 Å². The molecule has 2 aliphatic heterocycles. The Kier molecular flexibility index (Phi) is 7.41. The summed E-state index contributed by atoms with van der Waals surface area (Å²) in [6, 6.07) is 11.0. The topological polar surface area (TPSA) is 108 Å². The highest BCUT2D eigenvalue weighted by Gasteiger charge is 2.23. The maximum atomic E-state index is 13.2. The number of hydrogen-bond acceptors (Lipinski definition) is 8. The van der Waals surface area contributed by atoms with Gasteiger partial charge in [-0.15, -0.1) is 0 Å². The molecular formula is C29H28ClFN8O. The summed E-state index contributed by atoms with van der Waals surface area (Å²) in [4.78, 5) is 32.6. The van der Waals surface area contributed by atoms with E-state index in [9.17, 15) is 9.18 Å². The second-order valence-corrected chi connectivity index (χ2v) is 10.5. The first-order valence-corrected chi connectivity index (χ1v) is 13.7. The molecule has 0 unspecified atom stereocenters. The molecule has 0 spiro atoms. The molecule has 204 valence electrons.